The minimum absolute atomic E-state index is 0.0140. The molecule has 0 radical (unpaired) electrons. The van der Waals surface area contributed by atoms with Crippen molar-refractivity contribution in [2.75, 3.05) is 6.61 Å². The Morgan fingerprint density at radius 1 is 1.22 bits per heavy atom. The summed E-state index contributed by atoms with van der Waals surface area (Å²) in [4.78, 5) is 21.2. The average Bonchev–Trinajstić information content (AvgIpc) is 3.40. The summed E-state index contributed by atoms with van der Waals surface area (Å²) in [5, 5.41) is 19.2. The first kappa shape index (κ1) is 25.9. The van der Waals surface area contributed by atoms with Gasteiger partial charge in [0.15, 0.2) is 0 Å². The maximum absolute atomic E-state index is 14.0. The average molecular weight is 526 g/mol. The molecule has 1 aliphatic carbocycles. The van der Waals surface area contributed by atoms with E-state index in [4.69, 9.17) is 5.14 Å². The lowest BCUT2D eigenvalue weighted by Gasteiger charge is -2.13. The molecule has 0 amide bonds. The summed E-state index contributed by atoms with van der Waals surface area (Å²) in [5.41, 5.74) is 0.161. The lowest BCUT2D eigenvalue weighted by atomic mass is 9.96. The number of carbonyl (C=O) groups excluding carboxylic acids is 1. The van der Waals surface area contributed by atoms with Gasteiger partial charge in [-0.2, -0.15) is 13.5 Å². The minimum atomic E-state index is -4.13. The number of carbonyl (C=O) groups is 1. The van der Waals surface area contributed by atoms with E-state index in [1.165, 1.54) is 24.8 Å². The summed E-state index contributed by atoms with van der Waals surface area (Å²) in [7, 11) is -4.13. The summed E-state index contributed by atoms with van der Waals surface area (Å²) in [5.74, 6) is -4.26. The van der Waals surface area contributed by atoms with Crippen LogP contribution in [0.1, 0.15) is 40.2 Å². The van der Waals surface area contributed by atoms with Crippen molar-refractivity contribution in [3.63, 3.8) is 0 Å². The lowest BCUT2D eigenvalue weighted by molar-refractivity contribution is 0.100. The number of hydrogen-bond donors (Lipinski definition) is 2. The molecule has 36 heavy (non-hydrogen) atoms. The van der Waals surface area contributed by atoms with Crippen molar-refractivity contribution in [2.24, 2.45) is 17.0 Å². The van der Waals surface area contributed by atoms with Crippen LogP contribution in [-0.2, 0) is 27.5 Å². The topological polar surface area (TPSA) is 150 Å². The van der Waals surface area contributed by atoms with E-state index in [1.807, 2.05) is 0 Å². The van der Waals surface area contributed by atoms with Crippen molar-refractivity contribution in [3.8, 4) is 0 Å². The molecule has 0 saturated heterocycles. The predicted octanol–water partition coefficient (Wildman–Crippen LogP) is 1.52. The van der Waals surface area contributed by atoms with Gasteiger partial charge in [0.25, 0.3) is 0 Å². The molecule has 0 bridgehead atoms. The molecule has 3 atom stereocenters. The van der Waals surface area contributed by atoms with E-state index >= 15 is 0 Å². The Hall–Kier alpha value is -3.20. The molecule has 4 rings (SSSR count). The first-order valence-corrected chi connectivity index (χ1v) is 12.3. The molecule has 1 fully saturated rings. The highest BCUT2D eigenvalue weighted by Gasteiger charge is 2.35. The minimum Gasteiger partial charge on any atom is -0.393 e. The molecule has 3 N–H and O–H groups in total. The van der Waals surface area contributed by atoms with Gasteiger partial charge >= 0.3 is 10.3 Å². The fourth-order valence-electron chi connectivity index (χ4n) is 4.32. The first-order chi connectivity index (χ1) is 17.0. The number of hydrogen-bond acceptors (Lipinski definition) is 8. The monoisotopic (exact) mass is 525 g/mol. The number of aliphatic hydroxyl groups is 1. The molecule has 192 valence electrons. The fraction of sp³-hybridized carbons (Fsp3) is 0.364. The Bertz CT molecular complexity index is 1360. The molecular weight excluding hydrogens is 503 g/mol. The fourth-order valence-corrected chi connectivity index (χ4v) is 4.68. The van der Waals surface area contributed by atoms with Crippen LogP contribution >= 0.6 is 0 Å². The number of halogens is 3. The van der Waals surface area contributed by atoms with Crippen LogP contribution < -0.4 is 5.14 Å². The lowest BCUT2D eigenvalue weighted by Crippen LogP contribution is -2.24. The number of aliphatic hydroxyl groups excluding tert-OH is 1. The molecular formula is C22H22F3N5O5S. The second-order valence-electron chi connectivity index (χ2n) is 8.61. The molecule has 14 heteroatoms. The second kappa shape index (κ2) is 10.4. The van der Waals surface area contributed by atoms with Gasteiger partial charge in [0, 0.05) is 36.0 Å². The van der Waals surface area contributed by atoms with Crippen molar-refractivity contribution in [2.45, 2.75) is 31.9 Å². The quantitative estimate of drug-likeness (QED) is 0.399. The Kier molecular flexibility index (Phi) is 7.49. The Labute approximate surface area is 204 Å². The number of nitrogens with zero attached hydrogens (tertiary/aromatic N) is 4. The van der Waals surface area contributed by atoms with Crippen LogP contribution in [0.25, 0.3) is 0 Å². The third-order valence-corrected chi connectivity index (χ3v) is 6.49. The first-order valence-electron chi connectivity index (χ1n) is 10.9. The standard InChI is InChI=1S/C22H22F3N5O5S/c23-14-6-17(24)16(18(25)7-14)9-30-2-1-19(29-30)22(32)15-8-27-11-28-20(15)4-12-3-13(21(31)5-12)10-35-36(26,33)34/h1-2,6-8,11-13,21,31H,3-5,9-10H2,(H2,26,33,34)/t12-,13+,21-/m0/s1. The van der Waals surface area contributed by atoms with Crippen molar-refractivity contribution < 1.29 is 35.7 Å². The molecule has 1 saturated carbocycles. The van der Waals surface area contributed by atoms with E-state index in [-0.39, 0.29) is 30.3 Å². The van der Waals surface area contributed by atoms with Gasteiger partial charge in [0.05, 0.1) is 30.5 Å². The van der Waals surface area contributed by atoms with Crippen molar-refractivity contribution in [1.29, 1.82) is 0 Å². The zero-order valence-corrected chi connectivity index (χ0v) is 19.5. The Morgan fingerprint density at radius 2 is 1.94 bits per heavy atom. The van der Waals surface area contributed by atoms with E-state index in [0.29, 0.717) is 37.1 Å². The summed E-state index contributed by atoms with van der Waals surface area (Å²) in [6, 6.07) is 2.50. The van der Waals surface area contributed by atoms with E-state index in [0.717, 1.165) is 4.68 Å². The van der Waals surface area contributed by atoms with Gasteiger partial charge in [-0.15, -0.1) is 0 Å². The predicted molar refractivity (Wildman–Crippen MR) is 118 cm³/mol. The molecule has 0 spiro atoms. The largest absolute Gasteiger partial charge is 0.393 e. The summed E-state index contributed by atoms with van der Waals surface area (Å²) >= 11 is 0. The van der Waals surface area contributed by atoms with E-state index < -0.39 is 51.1 Å². The zero-order chi connectivity index (χ0) is 26.0. The molecule has 3 aromatic rings. The summed E-state index contributed by atoms with van der Waals surface area (Å²) < 4.78 is 68.9. The smallest absolute Gasteiger partial charge is 0.333 e. The van der Waals surface area contributed by atoms with Crippen molar-refractivity contribution in [1.82, 2.24) is 19.7 Å². The van der Waals surface area contributed by atoms with Gasteiger partial charge in [-0.3, -0.25) is 13.7 Å². The highest BCUT2D eigenvalue weighted by molar-refractivity contribution is 7.84. The van der Waals surface area contributed by atoms with E-state index in [9.17, 15) is 31.5 Å². The Balaban J connectivity index is 1.47. The summed E-state index contributed by atoms with van der Waals surface area (Å²) in [6.45, 7) is -0.607. The highest BCUT2D eigenvalue weighted by Crippen LogP contribution is 2.34. The van der Waals surface area contributed by atoms with Gasteiger partial charge in [0.2, 0.25) is 5.78 Å². The second-order valence-corrected chi connectivity index (χ2v) is 9.83. The molecule has 0 unspecified atom stereocenters. The van der Waals surface area contributed by atoms with Crippen LogP contribution in [0, 0.1) is 29.3 Å². The SMILES string of the molecule is NS(=O)(=O)OC[C@H]1C[C@@H](Cc2ncncc2C(=O)c2ccn(Cc3c(F)cc(F)cc3F)n2)C[C@@H]1O. The van der Waals surface area contributed by atoms with Gasteiger partial charge in [-0.1, -0.05) is 0 Å². The molecule has 2 aromatic heterocycles. The van der Waals surface area contributed by atoms with Gasteiger partial charge in [0.1, 0.15) is 29.5 Å². The van der Waals surface area contributed by atoms with Crippen LogP contribution in [0.2, 0.25) is 0 Å². The number of rotatable bonds is 9. The van der Waals surface area contributed by atoms with Crippen LogP contribution in [-0.4, -0.2) is 51.8 Å². The van der Waals surface area contributed by atoms with Crippen LogP contribution in [0.15, 0.2) is 36.9 Å². The van der Waals surface area contributed by atoms with E-state index in [1.54, 1.807) is 0 Å². The van der Waals surface area contributed by atoms with Crippen LogP contribution in [0.3, 0.4) is 0 Å². The molecule has 0 aliphatic heterocycles. The van der Waals surface area contributed by atoms with E-state index in [2.05, 4.69) is 19.2 Å². The number of nitrogens with two attached hydrogens (primary N) is 1. The normalized spacial score (nSPS) is 20.1. The third-order valence-electron chi connectivity index (χ3n) is 6.02. The maximum atomic E-state index is 14.0. The van der Waals surface area contributed by atoms with Crippen molar-refractivity contribution >= 4 is 16.1 Å². The number of ketones is 1. The van der Waals surface area contributed by atoms with Gasteiger partial charge < -0.3 is 5.11 Å². The maximum Gasteiger partial charge on any atom is 0.333 e. The van der Waals surface area contributed by atoms with Gasteiger partial charge in [-0.25, -0.2) is 28.3 Å². The summed E-state index contributed by atoms with van der Waals surface area (Å²) in [6.07, 6.45) is 4.24. The molecule has 10 nitrogen and oxygen atoms in total. The molecule has 1 aromatic carbocycles. The molecule has 2 heterocycles. The van der Waals surface area contributed by atoms with Crippen LogP contribution in [0.5, 0.6) is 0 Å². The van der Waals surface area contributed by atoms with Gasteiger partial charge in [-0.05, 0) is 31.2 Å². The van der Waals surface area contributed by atoms with Crippen molar-refractivity contribution in [3.05, 3.63) is 76.9 Å². The highest BCUT2D eigenvalue weighted by atomic mass is 32.2. The Morgan fingerprint density at radius 3 is 2.64 bits per heavy atom. The number of benzene rings is 1. The molecule has 1 aliphatic rings. The number of aromatic nitrogens is 4. The van der Waals surface area contributed by atoms with Crippen LogP contribution in [0.4, 0.5) is 13.2 Å². The third kappa shape index (κ3) is 6.13. The zero-order valence-electron chi connectivity index (χ0n) is 18.7.